The van der Waals surface area contributed by atoms with Crippen molar-refractivity contribution in [2.75, 3.05) is 13.6 Å². The van der Waals surface area contributed by atoms with Crippen molar-refractivity contribution in [1.82, 2.24) is 0 Å². The summed E-state index contributed by atoms with van der Waals surface area (Å²) in [4.78, 5) is 12.7. The number of hydrogen-bond acceptors (Lipinski definition) is 8. The maximum absolute atomic E-state index is 12.7. The molecule has 144 valence electrons. The van der Waals surface area contributed by atoms with Crippen LogP contribution in [0.1, 0.15) is 23.3 Å². The summed E-state index contributed by atoms with van der Waals surface area (Å²) in [6, 6.07) is 10.7. The summed E-state index contributed by atoms with van der Waals surface area (Å²) in [5, 5.41) is 10.6. The maximum atomic E-state index is 12.7. The summed E-state index contributed by atoms with van der Waals surface area (Å²) >= 11 is 0. The highest BCUT2D eigenvalue weighted by atomic mass is 16.7. The van der Waals surface area contributed by atoms with E-state index in [1.807, 2.05) is 12.1 Å². The molecule has 4 heterocycles. The minimum Gasteiger partial charge on any atom is -0.457 e. The molecule has 0 radical (unpaired) electrons. The van der Waals surface area contributed by atoms with Crippen LogP contribution < -0.4 is 18.9 Å². The minimum atomic E-state index is -1.14. The van der Waals surface area contributed by atoms with Gasteiger partial charge in [0, 0.05) is 0 Å². The summed E-state index contributed by atoms with van der Waals surface area (Å²) in [5.41, 5.74) is 1.47. The van der Waals surface area contributed by atoms with Crippen LogP contribution in [0.5, 0.6) is 23.0 Å². The fourth-order valence-corrected chi connectivity index (χ4v) is 4.36. The van der Waals surface area contributed by atoms with Crippen LogP contribution in [0.3, 0.4) is 0 Å². The van der Waals surface area contributed by atoms with Crippen molar-refractivity contribution in [1.29, 1.82) is 0 Å². The van der Waals surface area contributed by atoms with Crippen LogP contribution >= 0.6 is 0 Å². The molecule has 1 N–H and O–H groups in total. The van der Waals surface area contributed by atoms with Crippen LogP contribution in [0.2, 0.25) is 0 Å². The standard InChI is InChI=1S/C20H16O8/c21-19-15-16(18(28-19)10-2-4-12-14(6-10)26-8-24-12)20(22)27-17(15)9-1-3-11-13(5-9)25-7-23-11/h1-6,15-19,21H,7-8H2/t15-,16-,17+,18+,19+/m1/s1. The van der Waals surface area contributed by atoms with Crippen LogP contribution in [-0.4, -0.2) is 31.0 Å². The van der Waals surface area contributed by atoms with E-state index in [1.165, 1.54) is 0 Å². The van der Waals surface area contributed by atoms with Gasteiger partial charge in [0.2, 0.25) is 13.6 Å². The molecule has 2 saturated heterocycles. The smallest absolute Gasteiger partial charge is 0.313 e. The Labute approximate surface area is 159 Å². The number of hydrogen-bond donors (Lipinski definition) is 1. The zero-order valence-electron chi connectivity index (χ0n) is 14.6. The lowest BCUT2D eigenvalue weighted by Crippen LogP contribution is -2.22. The van der Waals surface area contributed by atoms with Gasteiger partial charge >= 0.3 is 5.97 Å². The normalized spacial score (nSPS) is 31.8. The fourth-order valence-electron chi connectivity index (χ4n) is 4.36. The van der Waals surface area contributed by atoms with Gasteiger partial charge in [-0.2, -0.15) is 0 Å². The minimum absolute atomic E-state index is 0.160. The van der Waals surface area contributed by atoms with Crippen LogP contribution in [-0.2, 0) is 14.3 Å². The molecule has 4 aliphatic rings. The molecule has 5 atom stereocenters. The van der Waals surface area contributed by atoms with E-state index in [-0.39, 0.29) is 13.6 Å². The van der Waals surface area contributed by atoms with Gasteiger partial charge in [0.1, 0.15) is 6.10 Å². The van der Waals surface area contributed by atoms with Crippen LogP contribution in [0, 0.1) is 11.8 Å². The quantitative estimate of drug-likeness (QED) is 0.787. The number of cyclic esters (lactones) is 1. The third kappa shape index (κ3) is 2.22. The lowest BCUT2D eigenvalue weighted by Gasteiger charge is -2.19. The van der Waals surface area contributed by atoms with Crippen molar-refractivity contribution >= 4 is 5.97 Å². The largest absolute Gasteiger partial charge is 0.457 e. The van der Waals surface area contributed by atoms with Gasteiger partial charge in [-0.3, -0.25) is 4.79 Å². The summed E-state index contributed by atoms with van der Waals surface area (Å²) in [7, 11) is 0. The molecule has 0 saturated carbocycles. The third-order valence-electron chi connectivity index (χ3n) is 5.67. The second-order valence-electron chi connectivity index (χ2n) is 7.13. The summed E-state index contributed by atoms with van der Waals surface area (Å²) in [6.45, 7) is 0.320. The highest BCUT2D eigenvalue weighted by molar-refractivity contribution is 5.77. The Kier molecular flexibility index (Phi) is 3.30. The lowest BCUT2D eigenvalue weighted by atomic mass is 9.83. The van der Waals surface area contributed by atoms with Gasteiger partial charge in [0.05, 0.1) is 17.9 Å². The van der Waals surface area contributed by atoms with E-state index in [1.54, 1.807) is 24.3 Å². The van der Waals surface area contributed by atoms with Crippen molar-refractivity contribution in [2.24, 2.45) is 11.8 Å². The van der Waals surface area contributed by atoms with E-state index in [2.05, 4.69) is 0 Å². The number of carbonyl (C=O) groups excluding carboxylic acids is 1. The Morgan fingerprint density at radius 2 is 1.36 bits per heavy atom. The highest BCUT2D eigenvalue weighted by Crippen LogP contribution is 2.54. The molecule has 0 spiro atoms. The number of aliphatic hydroxyl groups excluding tert-OH is 1. The summed E-state index contributed by atoms with van der Waals surface area (Å²) < 4.78 is 32.9. The Bertz CT molecular complexity index is 917. The number of fused-ring (bicyclic) bond motifs is 3. The molecule has 0 aromatic heterocycles. The number of carbonyl (C=O) groups is 1. The molecule has 4 aliphatic heterocycles. The first-order chi connectivity index (χ1) is 13.7. The summed E-state index contributed by atoms with van der Waals surface area (Å²) in [6.07, 6.45) is -2.38. The van der Waals surface area contributed by atoms with Gasteiger partial charge in [-0.25, -0.2) is 0 Å². The SMILES string of the molecule is O=C1O[C@@H](c2ccc3c(c2)OCO3)[C@H]2[C@@H]1[C@H](c1ccc3c(c1)OCO3)O[C@@H]2O. The zero-order chi connectivity index (χ0) is 18.8. The molecule has 2 fully saturated rings. The highest BCUT2D eigenvalue weighted by Gasteiger charge is 2.59. The van der Waals surface area contributed by atoms with Gasteiger partial charge in [-0.15, -0.1) is 0 Å². The van der Waals surface area contributed by atoms with E-state index in [0.29, 0.717) is 23.0 Å². The van der Waals surface area contributed by atoms with E-state index in [9.17, 15) is 9.90 Å². The Morgan fingerprint density at radius 3 is 2.00 bits per heavy atom. The van der Waals surface area contributed by atoms with Crippen LogP contribution in [0.4, 0.5) is 0 Å². The maximum Gasteiger partial charge on any atom is 0.313 e. The van der Waals surface area contributed by atoms with Crippen molar-refractivity contribution in [3.05, 3.63) is 47.5 Å². The molecule has 6 rings (SSSR count). The monoisotopic (exact) mass is 384 g/mol. The first-order valence-corrected chi connectivity index (χ1v) is 9.02. The molecular formula is C20H16O8. The number of ether oxygens (including phenoxy) is 6. The molecule has 8 nitrogen and oxygen atoms in total. The molecule has 2 aromatic rings. The second-order valence-corrected chi connectivity index (χ2v) is 7.13. The number of esters is 1. The molecule has 2 aromatic carbocycles. The van der Waals surface area contributed by atoms with Crippen molar-refractivity contribution in [2.45, 2.75) is 18.5 Å². The van der Waals surface area contributed by atoms with Crippen molar-refractivity contribution in [3.8, 4) is 23.0 Å². The fraction of sp³-hybridized carbons (Fsp3) is 0.350. The first-order valence-electron chi connectivity index (χ1n) is 9.02. The predicted octanol–water partition coefficient (Wildman–Crippen LogP) is 2.06. The number of aliphatic hydroxyl groups is 1. The molecule has 0 aliphatic carbocycles. The van der Waals surface area contributed by atoms with Gasteiger partial charge in [0.25, 0.3) is 0 Å². The van der Waals surface area contributed by atoms with Gasteiger partial charge < -0.3 is 33.5 Å². The van der Waals surface area contributed by atoms with Crippen molar-refractivity contribution < 1.29 is 38.3 Å². The first kappa shape index (κ1) is 16.0. The van der Waals surface area contributed by atoms with E-state index in [0.717, 1.165) is 11.1 Å². The Hall–Kier alpha value is -2.97. The van der Waals surface area contributed by atoms with E-state index in [4.69, 9.17) is 28.4 Å². The Morgan fingerprint density at radius 1 is 0.786 bits per heavy atom. The summed E-state index contributed by atoms with van der Waals surface area (Å²) in [5.74, 6) is 0.939. The lowest BCUT2D eigenvalue weighted by molar-refractivity contribution is -0.159. The number of benzene rings is 2. The van der Waals surface area contributed by atoms with Gasteiger partial charge in [0.15, 0.2) is 29.3 Å². The van der Waals surface area contributed by atoms with E-state index < -0.39 is 36.3 Å². The van der Waals surface area contributed by atoms with Crippen LogP contribution in [0.25, 0.3) is 0 Å². The number of rotatable bonds is 2. The molecule has 0 unspecified atom stereocenters. The molecular weight excluding hydrogens is 368 g/mol. The van der Waals surface area contributed by atoms with Crippen molar-refractivity contribution in [3.63, 3.8) is 0 Å². The van der Waals surface area contributed by atoms with Crippen LogP contribution in [0.15, 0.2) is 36.4 Å². The second kappa shape index (κ2) is 5.76. The van der Waals surface area contributed by atoms with E-state index >= 15 is 0 Å². The average Bonchev–Trinajstić information content (AvgIpc) is 3.46. The third-order valence-corrected chi connectivity index (χ3v) is 5.67. The molecule has 0 bridgehead atoms. The average molecular weight is 384 g/mol. The molecule has 0 amide bonds. The Balaban J connectivity index is 1.34. The molecule has 8 heteroatoms. The van der Waals surface area contributed by atoms with Gasteiger partial charge in [-0.1, -0.05) is 12.1 Å². The van der Waals surface area contributed by atoms with Gasteiger partial charge in [-0.05, 0) is 35.4 Å². The zero-order valence-corrected chi connectivity index (χ0v) is 14.6. The topological polar surface area (TPSA) is 92.7 Å². The predicted molar refractivity (Wildman–Crippen MR) is 90.8 cm³/mol. The molecule has 28 heavy (non-hydrogen) atoms.